The third kappa shape index (κ3) is 4.21. The third-order valence-corrected chi connectivity index (χ3v) is 7.14. The van der Waals surface area contributed by atoms with Crippen molar-refractivity contribution in [3.05, 3.63) is 52.7 Å². The third-order valence-electron chi connectivity index (χ3n) is 4.95. The number of H-pyrrole nitrogens is 1. The van der Waals surface area contributed by atoms with Gasteiger partial charge in [0.2, 0.25) is 5.91 Å². The Kier molecular flexibility index (Phi) is 6.09. The lowest BCUT2D eigenvalue weighted by molar-refractivity contribution is -0.155. The first kappa shape index (κ1) is 20.5. The zero-order valence-corrected chi connectivity index (χ0v) is 17.4. The summed E-state index contributed by atoms with van der Waals surface area (Å²) >= 11 is 2.83. The molecular formula is C19H19N5O4S2. The highest BCUT2D eigenvalue weighted by atomic mass is 32.2. The van der Waals surface area contributed by atoms with Gasteiger partial charge in [0.1, 0.15) is 16.8 Å². The van der Waals surface area contributed by atoms with Crippen LogP contribution >= 0.6 is 23.5 Å². The molecular weight excluding hydrogens is 426 g/mol. The molecule has 1 aromatic heterocycles. The van der Waals surface area contributed by atoms with Crippen molar-refractivity contribution in [2.75, 3.05) is 5.08 Å². The van der Waals surface area contributed by atoms with Gasteiger partial charge in [0.15, 0.2) is 0 Å². The fourth-order valence-corrected chi connectivity index (χ4v) is 5.70. The monoisotopic (exact) mass is 445 g/mol. The average molecular weight is 446 g/mol. The van der Waals surface area contributed by atoms with Crippen LogP contribution in [0.2, 0.25) is 0 Å². The fourth-order valence-electron chi connectivity index (χ4n) is 3.60. The van der Waals surface area contributed by atoms with Crippen LogP contribution < -0.4 is 5.32 Å². The first-order chi connectivity index (χ1) is 14.5. The van der Waals surface area contributed by atoms with Crippen molar-refractivity contribution < 1.29 is 19.5 Å². The van der Waals surface area contributed by atoms with E-state index in [1.165, 1.54) is 28.4 Å². The number of carboxylic acid groups (broad SMARTS) is 1. The van der Waals surface area contributed by atoms with Gasteiger partial charge >= 0.3 is 5.97 Å². The number of hydrogen-bond donors (Lipinski definition) is 3. The van der Waals surface area contributed by atoms with Crippen LogP contribution in [0.5, 0.6) is 0 Å². The van der Waals surface area contributed by atoms with Crippen molar-refractivity contribution >= 4 is 41.3 Å². The first-order valence-corrected chi connectivity index (χ1v) is 11.3. The predicted molar refractivity (Wildman–Crippen MR) is 111 cm³/mol. The Balaban J connectivity index is 1.39. The van der Waals surface area contributed by atoms with Crippen LogP contribution in [-0.2, 0) is 20.8 Å². The summed E-state index contributed by atoms with van der Waals surface area (Å²) in [7, 11) is 0. The molecule has 2 amide bonds. The van der Waals surface area contributed by atoms with Gasteiger partial charge in [-0.15, -0.1) is 16.9 Å². The summed E-state index contributed by atoms with van der Waals surface area (Å²) in [5, 5.41) is 23.9. The van der Waals surface area contributed by atoms with Crippen LogP contribution in [0.25, 0.3) is 0 Å². The lowest BCUT2D eigenvalue weighted by Gasteiger charge is -2.50. The molecule has 9 nitrogen and oxygen atoms in total. The largest absolute Gasteiger partial charge is 0.477 e. The smallest absolute Gasteiger partial charge is 0.353 e. The van der Waals surface area contributed by atoms with Crippen LogP contribution in [-0.4, -0.2) is 60.4 Å². The highest BCUT2D eigenvalue weighted by Crippen LogP contribution is 2.42. The molecule has 4 rings (SSSR count). The number of fused-ring (bicyclic) bond motifs is 1. The molecule has 2 aliphatic heterocycles. The maximum Gasteiger partial charge on any atom is 0.353 e. The van der Waals surface area contributed by atoms with E-state index in [0.29, 0.717) is 22.8 Å². The number of benzene rings is 1. The summed E-state index contributed by atoms with van der Waals surface area (Å²) < 4.78 is 0. The first-order valence-electron chi connectivity index (χ1n) is 9.29. The van der Waals surface area contributed by atoms with E-state index in [9.17, 15) is 19.5 Å². The van der Waals surface area contributed by atoms with Gasteiger partial charge in [-0.05, 0) is 18.4 Å². The number of allylic oxidation sites excluding steroid dienone is 1. The average Bonchev–Trinajstić information content (AvgIpc) is 3.25. The van der Waals surface area contributed by atoms with Crippen LogP contribution in [0.15, 0.2) is 52.2 Å². The van der Waals surface area contributed by atoms with Gasteiger partial charge in [-0.3, -0.25) is 19.6 Å². The van der Waals surface area contributed by atoms with Crippen molar-refractivity contribution in [1.82, 2.24) is 25.6 Å². The van der Waals surface area contributed by atoms with Crippen molar-refractivity contribution in [3.8, 4) is 0 Å². The molecule has 0 unspecified atom stereocenters. The molecule has 1 saturated heterocycles. The number of aromatic nitrogens is 3. The molecule has 156 valence electrons. The van der Waals surface area contributed by atoms with Gasteiger partial charge in [-0.1, -0.05) is 47.3 Å². The minimum Gasteiger partial charge on any atom is -0.477 e. The summed E-state index contributed by atoms with van der Waals surface area (Å²) in [6, 6.07) is 8.27. The number of carboxylic acids is 1. The number of nitrogens with zero attached hydrogens (tertiary/aromatic N) is 3. The van der Waals surface area contributed by atoms with Gasteiger partial charge < -0.3 is 10.4 Å². The van der Waals surface area contributed by atoms with Gasteiger partial charge in [-0.25, -0.2) is 4.79 Å². The number of aromatic amines is 1. The minimum absolute atomic E-state index is 0.0237. The number of hydrogen-bond acceptors (Lipinski definition) is 7. The second-order valence-corrected chi connectivity index (χ2v) is 9.25. The van der Waals surface area contributed by atoms with Crippen molar-refractivity contribution in [2.24, 2.45) is 0 Å². The van der Waals surface area contributed by atoms with Crippen LogP contribution in [0.3, 0.4) is 0 Å². The highest BCUT2D eigenvalue weighted by molar-refractivity contribution is 8.17. The van der Waals surface area contributed by atoms with Crippen LogP contribution in [0, 0.1) is 0 Å². The number of aliphatic carboxylic acids is 1. The molecule has 3 N–H and O–H groups in total. The van der Waals surface area contributed by atoms with Crippen LogP contribution in [0.4, 0.5) is 0 Å². The molecule has 2 atom stereocenters. The van der Waals surface area contributed by atoms with Crippen LogP contribution in [0.1, 0.15) is 18.4 Å². The molecule has 1 aromatic carbocycles. The Morgan fingerprint density at radius 2 is 2.07 bits per heavy atom. The molecule has 0 aliphatic carbocycles. The van der Waals surface area contributed by atoms with E-state index < -0.39 is 12.0 Å². The van der Waals surface area contributed by atoms with Gasteiger partial charge in [-0.2, -0.15) is 0 Å². The maximum absolute atomic E-state index is 12.7. The van der Waals surface area contributed by atoms with E-state index >= 15 is 0 Å². The number of carbonyl (C=O) groups is 3. The molecule has 30 heavy (non-hydrogen) atoms. The van der Waals surface area contributed by atoms with E-state index in [1.54, 1.807) is 6.20 Å². The minimum atomic E-state index is -1.13. The molecule has 0 spiro atoms. The highest BCUT2D eigenvalue weighted by Gasteiger charge is 2.53. The van der Waals surface area contributed by atoms with E-state index in [-0.39, 0.29) is 30.0 Å². The predicted octanol–water partition coefficient (Wildman–Crippen LogP) is 1.62. The maximum atomic E-state index is 12.7. The van der Waals surface area contributed by atoms with E-state index in [4.69, 9.17) is 0 Å². The number of β-lactam (4-membered cyclic amide) rings is 1. The molecule has 2 aliphatic rings. The second kappa shape index (κ2) is 8.92. The Morgan fingerprint density at radius 1 is 1.27 bits per heavy atom. The summed E-state index contributed by atoms with van der Waals surface area (Å²) in [4.78, 5) is 38.9. The van der Waals surface area contributed by atoms with E-state index in [1.807, 2.05) is 30.3 Å². The lowest BCUT2D eigenvalue weighted by Crippen LogP contribution is -2.71. The van der Waals surface area contributed by atoms with Gasteiger partial charge in [0.05, 0.1) is 23.7 Å². The second-order valence-electron chi connectivity index (χ2n) is 6.82. The number of carbonyl (C=O) groups excluding carboxylic acids is 2. The standard InChI is InChI=1S/C19H19N5O4S2/c25-14(8-11-4-2-1-3-5-11)21-16-12-6-7-13(17(19(27)28)24(12)18(16)26)29-10-30-15-9-20-23-22-15/h1-5,9,12,16H,6-8,10H2,(H,21,25)(H,27,28)(H,20,22,23)/t12-,16-/m0/s1. The Morgan fingerprint density at radius 3 is 2.77 bits per heavy atom. The summed E-state index contributed by atoms with van der Waals surface area (Å²) in [5.74, 6) is -1.75. The lowest BCUT2D eigenvalue weighted by atomic mass is 9.86. The number of rotatable bonds is 8. The normalized spacial score (nSPS) is 20.5. The zero-order valence-electron chi connectivity index (χ0n) is 15.8. The molecule has 11 heteroatoms. The Hall–Kier alpha value is -2.79. The summed E-state index contributed by atoms with van der Waals surface area (Å²) in [6.07, 6.45) is 3.00. The van der Waals surface area contributed by atoms with Gasteiger partial charge in [0, 0.05) is 4.91 Å². The number of amides is 2. The molecule has 3 heterocycles. The molecule has 0 radical (unpaired) electrons. The number of thioether (sulfide) groups is 2. The van der Waals surface area contributed by atoms with E-state index in [0.717, 1.165) is 10.6 Å². The van der Waals surface area contributed by atoms with Crippen molar-refractivity contribution in [2.45, 2.75) is 36.4 Å². The Bertz CT molecular complexity index is 980. The molecule has 0 bridgehead atoms. The van der Waals surface area contributed by atoms with Crippen molar-refractivity contribution in [3.63, 3.8) is 0 Å². The quantitative estimate of drug-likeness (QED) is 0.318. The summed E-state index contributed by atoms with van der Waals surface area (Å²) in [5.41, 5.74) is 0.882. The zero-order chi connectivity index (χ0) is 21.1. The summed E-state index contributed by atoms with van der Waals surface area (Å²) in [6.45, 7) is 0. The molecule has 0 saturated carbocycles. The van der Waals surface area contributed by atoms with E-state index in [2.05, 4.69) is 20.7 Å². The molecule has 2 aromatic rings. The van der Waals surface area contributed by atoms with Gasteiger partial charge in [0.25, 0.3) is 5.91 Å². The van der Waals surface area contributed by atoms with Crippen molar-refractivity contribution in [1.29, 1.82) is 0 Å². The molecule has 1 fully saturated rings. The fraction of sp³-hybridized carbons (Fsp3) is 0.316. The SMILES string of the molecule is O=C(Cc1ccccc1)N[C@@H]1C(=O)N2C(C(=O)O)=C(SCSc3c[nH]nn3)CC[C@@H]12. The topological polar surface area (TPSA) is 128 Å². The number of nitrogens with one attached hydrogen (secondary N) is 2. The Labute approximate surface area is 180 Å².